The summed E-state index contributed by atoms with van der Waals surface area (Å²) in [5, 5.41) is 22.3. The molecular formula is C22H22N2O5S. The fourth-order valence-electron chi connectivity index (χ4n) is 3.34. The number of hydrogen-bond donors (Lipinski definition) is 2. The summed E-state index contributed by atoms with van der Waals surface area (Å²) in [5.41, 5.74) is 1.72. The third-order valence-electron chi connectivity index (χ3n) is 4.76. The van der Waals surface area contributed by atoms with Crippen LogP contribution < -0.4 is 10.1 Å². The van der Waals surface area contributed by atoms with E-state index < -0.39 is 11.9 Å². The Balaban J connectivity index is 1.91. The lowest BCUT2D eigenvalue weighted by molar-refractivity contribution is -0.112. The van der Waals surface area contributed by atoms with Gasteiger partial charge in [0, 0.05) is 4.88 Å². The summed E-state index contributed by atoms with van der Waals surface area (Å²) in [7, 11) is 1.41. The van der Waals surface area contributed by atoms with E-state index in [4.69, 9.17) is 9.47 Å². The van der Waals surface area contributed by atoms with E-state index in [9.17, 15) is 20.0 Å². The number of aromatic hydroxyl groups is 1. The molecule has 30 heavy (non-hydrogen) atoms. The van der Waals surface area contributed by atoms with E-state index in [-0.39, 0.29) is 23.7 Å². The van der Waals surface area contributed by atoms with Crippen LogP contribution in [0, 0.1) is 11.3 Å². The molecule has 1 amide bonds. The largest absolute Gasteiger partial charge is 0.504 e. The number of esters is 1. The predicted molar refractivity (Wildman–Crippen MR) is 114 cm³/mol. The molecule has 1 aliphatic carbocycles. The standard InChI is InChI=1S/C22H22N2O5S/c1-3-29-22(27)19-15-6-4-5-7-18(15)30-21(19)24-20(26)14(12-23)10-13-8-9-16(25)17(11-13)28-2/h8-11,25H,3-7H2,1-2H3,(H,24,26)/b14-10+. The van der Waals surface area contributed by atoms with Crippen molar-refractivity contribution in [1.29, 1.82) is 5.26 Å². The van der Waals surface area contributed by atoms with E-state index >= 15 is 0 Å². The van der Waals surface area contributed by atoms with Crippen LogP contribution in [0.2, 0.25) is 0 Å². The molecule has 0 unspecified atom stereocenters. The molecule has 1 aromatic heterocycles. The highest BCUT2D eigenvalue weighted by molar-refractivity contribution is 7.17. The lowest BCUT2D eigenvalue weighted by atomic mass is 9.95. The maximum atomic E-state index is 12.8. The number of thiophene rings is 1. The molecule has 156 valence electrons. The average Bonchev–Trinajstić information content (AvgIpc) is 3.10. The number of nitriles is 1. The zero-order valence-corrected chi connectivity index (χ0v) is 17.6. The number of hydrogen-bond acceptors (Lipinski definition) is 7. The highest BCUT2D eigenvalue weighted by atomic mass is 32.1. The second kappa shape index (κ2) is 9.46. The first-order chi connectivity index (χ1) is 14.5. The predicted octanol–water partition coefficient (Wildman–Crippen LogP) is 4.06. The number of methoxy groups -OCH3 is 1. The maximum absolute atomic E-state index is 12.8. The van der Waals surface area contributed by atoms with Crippen molar-refractivity contribution in [2.45, 2.75) is 32.6 Å². The molecule has 0 saturated carbocycles. The zero-order valence-electron chi connectivity index (χ0n) is 16.8. The Morgan fingerprint density at radius 1 is 1.33 bits per heavy atom. The molecule has 7 nitrogen and oxygen atoms in total. The maximum Gasteiger partial charge on any atom is 0.341 e. The monoisotopic (exact) mass is 426 g/mol. The smallest absolute Gasteiger partial charge is 0.341 e. The molecule has 0 radical (unpaired) electrons. The van der Waals surface area contributed by atoms with Crippen LogP contribution in [-0.2, 0) is 22.4 Å². The van der Waals surface area contributed by atoms with Gasteiger partial charge in [-0.1, -0.05) is 6.07 Å². The van der Waals surface area contributed by atoms with Crippen molar-refractivity contribution in [2.24, 2.45) is 0 Å². The summed E-state index contributed by atoms with van der Waals surface area (Å²) in [5.74, 6) is -0.885. The molecule has 1 aliphatic rings. The van der Waals surface area contributed by atoms with Gasteiger partial charge in [-0.2, -0.15) is 5.26 Å². The number of phenolic OH excluding ortho intramolecular Hbond substituents is 1. The summed E-state index contributed by atoms with van der Waals surface area (Å²) in [4.78, 5) is 26.4. The quantitative estimate of drug-likeness (QED) is 0.410. The van der Waals surface area contributed by atoms with Crippen molar-refractivity contribution in [3.63, 3.8) is 0 Å². The normalized spacial score (nSPS) is 13.2. The first kappa shape index (κ1) is 21.4. The van der Waals surface area contributed by atoms with Gasteiger partial charge in [-0.3, -0.25) is 4.79 Å². The number of carbonyl (C=O) groups excluding carboxylic acids is 2. The van der Waals surface area contributed by atoms with Crippen LogP contribution >= 0.6 is 11.3 Å². The van der Waals surface area contributed by atoms with Crippen LogP contribution in [0.3, 0.4) is 0 Å². The van der Waals surface area contributed by atoms with Gasteiger partial charge in [0.15, 0.2) is 11.5 Å². The van der Waals surface area contributed by atoms with Crippen molar-refractivity contribution in [3.8, 4) is 17.6 Å². The third kappa shape index (κ3) is 4.47. The molecule has 0 saturated heterocycles. The van der Waals surface area contributed by atoms with E-state index in [1.54, 1.807) is 13.0 Å². The minimum Gasteiger partial charge on any atom is -0.504 e. The van der Waals surface area contributed by atoms with Crippen LogP contribution in [-0.4, -0.2) is 30.7 Å². The number of phenols is 1. The van der Waals surface area contributed by atoms with E-state index in [2.05, 4.69) is 5.32 Å². The second-order valence-corrected chi connectivity index (χ2v) is 7.80. The molecule has 0 atom stereocenters. The van der Waals surface area contributed by atoms with Gasteiger partial charge >= 0.3 is 5.97 Å². The van der Waals surface area contributed by atoms with Crippen molar-refractivity contribution in [1.82, 2.24) is 0 Å². The van der Waals surface area contributed by atoms with Crippen LogP contribution in [0.1, 0.15) is 46.1 Å². The van der Waals surface area contributed by atoms with Gasteiger partial charge in [0.1, 0.15) is 16.6 Å². The van der Waals surface area contributed by atoms with Gasteiger partial charge in [0.05, 0.1) is 19.3 Å². The van der Waals surface area contributed by atoms with Gasteiger partial charge in [-0.15, -0.1) is 11.3 Å². The van der Waals surface area contributed by atoms with E-state index in [1.807, 2.05) is 6.07 Å². The van der Waals surface area contributed by atoms with Crippen LogP contribution in [0.15, 0.2) is 23.8 Å². The lowest BCUT2D eigenvalue weighted by Crippen LogP contribution is -2.16. The Morgan fingerprint density at radius 3 is 2.80 bits per heavy atom. The Kier molecular flexibility index (Phi) is 6.75. The van der Waals surface area contributed by atoms with Crippen molar-refractivity contribution < 1.29 is 24.2 Å². The topological polar surface area (TPSA) is 109 Å². The summed E-state index contributed by atoms with van der Waals surface area (Å²) in [6.45, 7) is 1.97. The third-order valence-corrected chi connectivity index (χ3v) is 5.97. The molecule has 3 rings (SSSR count). The van der Waals surface area contributed by atoms with Gasteiger partial charge in [-0.25, -0.2) is 4.79 Å². The Hall–Kier alpha value is -3.31. The van der Waals surface area contributed by atoms with Crippen molar-refractivity contribution in [2.75, 3.05) is 19.0 Å². The van der Waals surface area contributed by atoms with Crippen LogP contribution in [0.4, 0.5) is 5.00 Å². The number of amides is 1. The number of nitrogens with zero attached hydrogens (tertiary/aromatic N) is 1. The average molecular weight is 426 g/mol. The van der Waals surface area contributed by atoms with Gasteiger partial charge in [0.25, 0.3) is 5.91 Å². The number of rotatable bonds is 6. The van der Waals surface area contributed by atoms with Crippen LogP contribution in [0.5, 0.6) is 11.5 Å². The number of ether oxygens (including phenoxy) is 2. The highest BCUT2D eigenvalue weighted by Gasteiger charge is 2.27. The lowest BCUT2D eigenvalue weighted by Gasteiger charge is -2.12. The number of benzene rings is 1. The minimum atomic E-state index is -0.617. The molecule has 1 aromatic carbocycles. The second-order valence-electron chi connectivity index (χ2n) is 6.69. The first-order valence-corrected chi connectivity index (χ1v) is 10.4. The summed E-state index contributed by atoms with van der Waals surface area (Å²) < 4.78 is 10.2. The number of fused-ring (bicyclic) bond motifs is 1. The molecule has 0 aliphatic heterocycles. The van der Waals surface area contributed by atoms with Gasteiger partial charge in [-0.05, 0) is 61.9 Å². The van der Waals surface area contributed by atoms with E-state index in [0.717, 1.165) is 36.1 Å². The SMILES string of the molecule is CCOC(=O)c1c(NC(=O)/C(C#N)=C/c2ccc(O)c(OC)c2)sc2c1CCCC2. The molecule has 8 heteroatoms. The Morgan fingerprint density at radius 2 is 2.10 bits per heavy atom. The summed E-state index contributed by atoms with van der Waals surface area (Å²) in [6, 6.07) is 6.40. The molecule has 2 aromatic rings. The summed E-state index contributed by atoms with van der Waals surface area (Å²) >= 11 is 1.36. The van der Waals surface area contributed by atoms with Gasteiger partial charge < -0.3 is 19.9 Å². The molecule has 2 N–H and O–H groups in total. The van der Waals surface area contributed by atoms with E-state index in [0.29, 0.717) is 16.1 Å². The van der Waals surface area contributed by atoms with Crippen molar-refractivity contribution >= 4 is 34.3 Å². The van der Waals surface area contributed by atoms with E-state index in [1.165, 1.54) is 36.7 Å². The summed E-state index contributed by atoms with van der Waals surface area (Å²) in [6.07, 6.45) is 5.04. The number of nitrogens with one attached hydrogen (secondary N) is 1. The molecule has 1 heterocycles. The molecule has 0 spiro atoms. The number of aryl methyl sites for hydroxylation is 1. The zero-order chi connectivity index (χ0) is 21.7. The fourth-order valence-corrected chi connectivity index (χ4v) is 4.62. The Bertz CT molecular complexity index is 1050. The van der Waals surface area contributed by atoms with Crippen molar-refractivity contribution in [3.05, 3.63) is 45.3 Å². The van der Waals surface area contributed by atoms with Crippen LogP contribution in [0.25, 0.3) is 6.08 Å². The molecule has 0 bridgehead atoms. The first-order valence-electron chi connectivity index (χ1n) is 9.60. The van der Waals surface area contributed by atoms with Gasteiger partial charge in [0.2, 0.25) is 0 Å². The fraction of sp³-hybridized carbons (Fsp3) is 0.318. The molecule has 0 fully saturated rings. The highest BCUT2D eigenvalue weighted by Crippen LogP contribution is 2.39. The molecular weight excluding hydrogens is 404 g/mol. The number of anilines is 1. The number of carbonyl (C=O) groups is 2. The minimum absolute atomic E-state index is 0.0409. The Labute approximate surface area is 178 Å².